The summed E-state index contributed by atoms with van der Waals surface area (Å²) in [6.45, 7) is 2.66. The second-order valence-electron chi connectivity index (χ2n) is 6.06. The normalized spacial score (nSPS) is 19.5. The molecule has 1 heterocycles. The number of nitrogens with two attached hydrogens (primary N) is 1. The van der Waals surface area contributed by atoms with E-state index in [1.807, 2.05) is 11.8 Å². The smallest absolute Gasteiger partial charge is 0.246 e. The van der Waals surface area contributed by atoms with Crippen LogP contribution in [0.5, 0.6) is 0 Å². The Morgan fingerprint density at radius 1 is 1.32 bits per heavy atom. The van der Waals surface area contributed by atoms with E-state index in [0.717, 1.165) is 31.4 Å². The van der Waals surface area contributed by atoms with Gasteiger partial charge in [0.25, 0.3) is 0 Å². The van der Waals surface area contributed by atoms with Gasteiger partial charge < -0.3 is 10.6 Å². The summed E-state index contributed by atoms with van der Waals surface area (Å²) >= 11 is 0. The molecule has 1 amide bonds. The summed E-state index contributed by atoms with van der Waals surface area (Å²) in [7, 11) is -2.07. The Labute approximate surface area is 155 Å². The van der Waals surface area contributed by atoms with Gasteiger partial charge in [-0.15, -0.1) is 12.4 Å². The molecule has 1 fully saturated rings. The van der Waals surface area contributed by atoms with Crippen LogP contribution in [0.4, 0.5) is 0 Å². The third kappa shape index (κ3) is 5.54. The molecule has 0 bridgehead atoms. The highest BCUT2D eigenvalue weighted by Crippen LogP contribution is 2.20. The summed E-state index contributed by atoms with van der Waals surface area (Å²) in [6, 6.07) is 6.41. The first kappa shape index (κ1) is 21.6. The third-order valence-electron chi connectivity index (χ3n) is 4.32. The number of nitrogens with zero attached hydrogens (tertiary/aromatic N) is 1. The first-order valence-corrected chi connectivity index (χ1v) is 9.61. The molecule has 1 aliphatic rings. The summed E-state index contributed by atoms with van der Waals surface area (Å²) < 4.78 is 25.6. The van der Waals surface area contributed by atoms with Crippen LogP contribution in [0.3, 0.4) is 0 Å². The maximum absolute atomic E-state index is 12.4. The highest BCUT2D eigenvalue weighted by molar-refractivity contribution is 7.89. The Hall–Kier alpha value is -1.41. The van der Waals surface area contributed by atoms with Crippen LogP contribution in [-0.2, 0) is 14.8 Å². The third-order valence-corrected chi connectivity index (χ3v) is 5.75. The number of nitrogens with one attached hydrogen (secondary N) is 1. The van der Waals surface area contributed by atoms with Crippen molar-refractivity contribution in [1.29, 1.82) is 0 Å². The van der Waals surface area contributed by atoms with E-state index in [2.05, 4.69) is 4.72 Å². The lowest BCUT2D eigenvalue weighted by Crippen LogP contribution is -2.51. The Morgan fingerprint density at radius 3 is 2.52 bits per heavy atom. The van der Waals surface area contributed by atoms with Crippen LogP contribution >= 0.6 is 12.4 Å². The predicted octanol–water partition coefficient (Wildman–Crippen LogP) is 1.76. The minimum Gasteiger partial charge on any atom is -0.335 e. The summed E-state index contributed by atoms with van der Waals surface area (Å²) in [5, 5.41) is 0. The van der Waals surface area contributed by atoms with Crippen molar-refractivity contribution in [2.45, 2.75) is 43.2 Å². The number of piperidine rings is 1. The summed E-state index contributed by atoms with van der Waals surface area (Å²) in [4.78, 5) is 14.5. The molecule has 25 heavy (non-hydrogen) atoms. The zero-order chi connectivity index (χ0) is 17.7. The number of amides is 1. The van der Waals surface area contributed by atoms with E-state index in [9.17, 15) is 13.2 Å². The van der Waals surface area contributed by atoms with Crippen LogP contribution in [0.1, 0.15) is 31.7 Å². The molecule has 0 saturated carbocycles. The van der Waals surface area contributed by atoms with Crippen molar-refractivity contribution in [3.05, 3.63) is 35.9 Å². The molecule has 1 aromatic rings. The molecule has 2 atom stereocenters. The van der Waals surface area contributed by atoms with Crippen molar-refractivity contribution < 1.29 is 13.2 Å². The number of hydrogen-bond acceptors (Lipinski definition) is 4. The molecule has 0 aliphatic carbocycles. The summed E-state index contributed by atoms with van der Waals surface area (Å²) in [5.74, 6) is -0.0519. The number of sulfonamides is 1. The molecule has 3 N–H and O–H groups in total. The molecular weight excluding hydrogens is 362 g/mol. The second-order valence-corrected chi connectivity index (χ2v) is 7.95. The van der Waals surface area contributed by atoms with Crippen molar-refractivity contribution in [2.24, 2.45) is 5.73 Å². The largest absolute Gasteiger partial charge is 0.335 e. The summed E-state index contributed by atoms with van der Waals surface area (Å²) in [6.07, 6.45) is 6.27. The van der Waals surface area contributed by atoms with E-state index in [1.165, 1.54) is 25.3 Å². The van der Waals surface area contributed by atoms with Crippen molar-refractivity contribution in [3.8, 4) is 0 Å². The highest BCUT2D eigenvalue weighted by Gasteiger charge is 2.27. The maximum atomic E-state index is 12.4. The first-order valence-electron chi connectivity index (χ1n) is 8.13. The van der Waals surface area contributed by atoms with Gasteiger partial charge in [0, 0.05) is 24.7 Å². The van der Waals surface area contributed by atoms with Gasteiger partial charge in [-0.2, -0.15) is 0 Å². The van der Waals surface area contributed by atoms with Gasteiger partial charge >= 0.3 is 0 Å². The number of carbonyl (C=O) groups excluding carboxylic acids is 1. The topological polar surface area (TPSA) is 92.5 Å². The zero-order valence-electron chi connectivity index (χ0n) is 14.5. The number of carbonyl (C=O) groups is 1. The van der Waals surface area contributed by atoms with Crippen molar-refractivity contribution in [1.82, 2.24) is 9.62 Å². The van der Waals surface area contributed by atoms with Gasteiger partial charge in [-0.05, 0) is 57.0 Å². The fourth-order valence-corrected chi connectivity index (χ4v) is 3.65. The Balaban J connectivity index is 0.00000312. The maximum Gasteiger partial charge on any atom is 0.246 e. The van der Waals surface area contributed by atoms with Crippen LogP contribution in [0.25, 0.3) is 6.08 Å². The molecule has 0 aromatic heterocycles. The number of likely N-dealkylation sites (tertiary alicyclic amines) is 1. The van der Waals surface area contributed by atoms with Gasteiger partial charge in [0.2, 0.25) is 15.9 Å². The van der Waals surface area contributed by atoms with Crippen LogP contribution < -0.4 is 10.5 Å². The van der Waals surface area contributed by atoms with Crippen LogP contribution in [-0.4, -0.2) is 44.9 Å². The van der Waals surface area contributed by atoms with Gasteiger partial charge in [-0.1, -0.05) is 12.1 Å². The minimum absolute atomic E-state index is 0. The first-order chi connectivity index (χ1) is 11.3. The van der Waals surface area contributed by atoms with E-state index in [4.69, 9.17) is 5.73 Å². The lowest BCUT2D eigenvalue weighted by Gasteiger charge is -2.37. The Morgan fingerprint density at radius 2 is 1.96 bits per heavy atom. The van der Waals surface area contributed by atoms with E-state index < -0.39 is 10.0 Å². The van der Waals surface area contributed by atoms with Crippen LogP contribution in [0, 0.1) is 0 Å². The molecule has 1 aromatic carbocycles. The van der Waals surface area contributed by atoms with Crippen molar-refractivity contribution in [2.75, 3.05) is 13.6 Å². The van der Waals surface area contributed by atoms with Crippen molar-refractivity contribution in [3.63, 3.8) is 0 Å². The molecule has 140 valence electrons. The van der Waals surface area contributed by atoms with E-state index >= 15 is 0 Å². The van der Waals surface area contributed by atoms with Gasteiger partial charge in [-0.25, -0.2) is 13.1 Å². The fourth-order valence-electron chi connectivity index (χ4n) is 2.92. The lowest BCUT2D eigenvalue weighted by atomic mass is 9.97. The summed E-state index contributed by atoms with van der Waals surface area (Å²) in [5.41, 5.74) is 6.76. The van der Waals surface area contributed by atoms with Crippen LogP contribution in [0.2, 0.25) is 0 Å². The van der Waals surface area contributed by atoms with Gasteiger partial charge in [0.1, 0.15) is 0 Å². The standard InChI is InChI=1S/C17H25N3O3S.ClH/c1-13(18)16-5-3-4-12-20(16)17(21)11-8-14-6-9-15(10-7-14)24(22,23)19-2;/h6-11,13,16,19H,3-5,12,18H2,1-2H3;1H/b11-8+;. The fraction of sp³-hybridized carbons (Fsp3) is 0.471. The molecule has 1 aliphatic heterocycles. The van der Waals surface area contributed by atoms with E-state index in [-0.39, 0.29) is 35.3 Å². The minimum atomic E-state index is -3.44. The molecular formula is C17H26ClN3O3S. The van der Waals surface area contributed by atoms with Gasteiger partial charge in [0.05, 0.1) is 4.90 Å². The highest BCUT2D eigenvalue weighted by atomic mass is 35.5. The predicted molar refractivity (Wildman–Crippen MR) is 102 cm³/mol. The number of hydrogen-bond donors (Lipinski definition) is 2. The molecule has 0 spiro atoms. The van der Waals surface area contributed by atoms with E-state index in [0.29, 0.717) is 0 Å². The van der Waals surface area contributed by atoms with Gasteiger partial charge in [0.15, 0.2) is 0 Å². The SMILES string of the molecule is CNS(=O)(=O)c1ccc(/C=C/C(=O)N2CCCCC2C(C)N)cc1.Cl. The average molecular weight is 388 g/mol. The van der Waals surface area contributed by atoms with E-state index in [1.54, 1.807) is 18.2 Å². The van der Waals surface area contributed by atoms with Crippen molar-refractivity contribution >= 4 is 34.4 Å². The molecule has 0 radical (unpaired) electrons. The Bertz CT molecular complexity index is 702. The average Bonchev–Trinajstić information content (AvgIpc) is 2.60. The second kappa shape index (κ2) is 9.33. The molecule has 8 heteroatoms. The van der Waals surface area contributed by atoms with Gasteiger partial charge in [-0.3, -0.25) is 4.79 Å². The quantitative estimate of drug-likeness (QED) is 0.753. The lowest BCUT2D eigenvalue weighted by molar-refractivity contribution is -0.129. The Kier molecular flexibility index (Phi) is 8.08. The molecule has 6 nitrogen and oxygen atoms in total. The molecule has 2 unspecified atom stereocenters. The zero-order valence-corrected chi connectivity index (χ0v) is 16.1. The monoisotopic (exact) mass is 387 g/mol. The number of rotatable bonds is 5. The molecule has 2 rings (SSSR count). The number of benzene rings is 1. The van der Waals surface area contributed by atoms with Crippen LogP contribution in [0.15, 0.2) is 35.2 Å². The molecule has 1 saturated heterocycles. The number of halogens is 1.